The number of rotatable bonds is 8. The molecule has 0 aromatic heterocycles. The SMILES string of the molecule is COC(=O)c1ccc(C=Cc2ccccc2C2=NCN(c3ccccc3C=Cc3ccc(C(=O)OC)cc3)O2)cc1. The van der Waals surface area contributed by atoms with E-state index in [1.165, 1.54) is 14.2 Å². The number of hydroxylamine groups is 1. The predicted molar refractivity (Wildman–Crippen MR) is 161 cm³/mol. The average Bonchev–Trinajstić information content (AvgIpc) is 3.53. The molecule has 7 heteroatoms. The van der Waals surface area contributed by atoms with Crippen molar-refractivity contribution in [3.63, 3.8) is 0 Å². The molecule has 1 aliphatic heterocycles. The minimum atomic E-state index is -0.363. The lowest BCUT2D eigenvalue weighted by molar-refractivity contribution is 0.0592. The zero-order valence-corrected chi connectivity index (χ0v) is 22.7. The summed E-state index contributed by atoms with van der Waals surface area (Å²) in [7, 11) is 2.73. The third-order valence-corrected chi connectivity index (χ3v) is 6.51. The summed E-state index contributed by atoms with van der Waals surface area (Å²) in [4.78, 5) is 34.3. The van der Waals surface area contributed by atoms with Gasteiger partial charge in [0.15, 0.2) is 0 Å². The molecule has 0 aliphatic carbocycles. The third kappa shape index (κ3) is 6.42. The fraction of sp³-hybridized carbons (Fsp3) is 0.0882. The van der Waals surface area contributed by atoms with E-state index < -0.39 is 0 Å². The molecule has 0 unspecified atom stereocenters. The summed E-state index contributed by atoms with van der Waals surface area (Å²) in [5.41, 5.74) is 6.58. The zero-order valence-electron chi connectivity index (χ0n) is 22.7. The van der Waals surface area contributed by atoms with E-state index in [4.69, 9.17) is 14.3 Å². The quantitative estimate of drug-likeness (QED) is 0.180. The summed E-state index contributed by atoms with van der Waals surface area (Å²) in [6.45, 7) is 0.348. The van der Waals surface area contributed by atoms with Crippen LogP contribution in [0.2, 0.25) is 0 Å². The van der Waals surface area contributed by atoms with Gasteiger partial charge in [0.05, 0.1) is 31.0 Å². The van der Waals surface area contributed by atoms with Crippen molar-refractivity contribution in [2.45, 2.75) is 0 Å². The molecule has 0 atom stereocenters. The predicted octanol–water partition coefficient (Wildman–Crippen LogP) is 6.76. The number of hydrogen-bond donors (Lipinski definition) is 0. The molecule has 4 aromatic carbocycles. The number of para-hydroxylation sites is 1. The highest BCUT2D eigenvalue weighted by Crippen LogP contribution is 2.27. The molecule has 4 aromatic rings. The summed E-state index contributed by atoms with van der Waals surface area (Å²) in [6, 6.07) is 30.3. The molecule has 0 fully saturated rings. The van der Waals surface area contributed by atoms with Gasteiger partial charge in [0.2, 0.25) is 0 Å². The average molecular weight is 545 g/mol. The van der Waals surface area contributed by atoms with Crippen LogP contribution in [0.1, 0.15) is 48.5 Å². The Morgan fingerprint density at radius 1 is 0.683 bits per heavy atom. The maximum atomic E-state index is 11.7. The molecule has 0 spiro atoms. The summed E-state index contributed by atoms with van der Waals surface area (Å²) in [6.07, 6.45) is 7.96. The van der Waals surface area contributed by atoms with Gasteiger partial charge in [-0.05, 0) is 53.1 Å². The van der Waals surface area contributed by atoms with Crippen molar-refractivity contribution in [2.24, 2.45) is 4.99 Å². The smallest absolute Gasteiger partial charge is 0.337 e. The van der Waals surface area contributed by atoms with Gasteiger partial charge in [0.25, 0.3) is 5.90 Å². The van der Waals surface area contributed by atoms with Crippen molar-refractivity contribution in [3.8, 4) is 0 Å². The lowest BCUT2D eigenvalue weighted by Gasteiger charge is -2.19. The fourth-order valence-electron chi connectivity index (χ4n) is 4.31. The number of carbonyl (C=O) groups is 2. The van der Waals surface area contributed by atoms with Gasteiger partial charge in [-0.2, -0.15) is 5.06 Å². The van der Waals surface area contributed by atoms with Gasteiger partial charge in [0, 0.05) is 11.1 Å². The Morgan fingerprint density at radius 3 is 1.78 bits per heavy atom. The molecule has 5 rings (SSSR count). The zero-order chi connectivity index (χ0) is 28.6. The lowest BCUT2D eigenvalue weighted by atomic mass is 10.0. The maximum absolute atomic E-state index is 11.7. The largest absolute Gasteiger partial charge is 0.465 e. The van der Waals surface area contributed by atoms with Gasteiger partial charge in [-0.15, -0.1) is 0 Å². The van der Waals surface area contributed by atoms with Crippen molar-refractivity contribution in [2.75, 3.05) is 26.0 Å². The van der Waals surface area contributed by atoms with E-state index in [1.807, 2.05) is 97.1 Å². The number of esters is 2. The van der Waals surface area contributed by atoms with Crippen molar-refractivity contribution >= 4 is 47.8 Å². The number of hydrogen-bond acceptors (Lipinski definition) is 7. The van der Waals surface area contributed by atoms with Gasteiger partial charge in [-0.3, -0.25) is 0 Å². The van der Waals surface area contributed by atoms with Crippen LogP contribution in [-0.4, -0.2) is 38.7 Å². The van der Waals surface area contributed by atoms with Crippen molar-refractivity contribution < 1.29 is 23.9 Å². The van der Waals surface area contributed by atoms with Gasteiger partial charge in [0.1, 0.15) is 6.67 Å². The van der Waals surface area contributed by atoms with E-state index in [1.54, 1.807) is 29.3 Å². The van der Waals surface area contributed by atoms with Gasteiger partial charge in [-0.1, -0.05) is 85.0 Å². The van der Waals surface area contributed by atoms with E-state index in [0.29, 0.717) is 23.7 Å². The van der Waals surface area contributed by atoms with Crippen LogP contribution in [0.15, 0.2) is 102 Å². The Labute approximate surface area is 238 Å². The van der Waals surface area contributed by atoms with E-state index >= 15 is 0 Å². The van der Waals surface area contributed by atoms with Crippen LogP contribution < -0.4 is 5.06 Å². The lowest BCUT2D eigenvalue weighted by Crippen LogP contribution is -2.21. The maximum Gasteiger partial charge on any atom is 0.337 e. The Bertz CT molecular complexity index is 1640. The van der Waals surface area contributed by atoms with Crippen molar-refractivity contribution in [3.05, 3.63) is 136 Å². The first-order chi connectivity index (χ1) is 20.1. The highest BCUT2D eigenvalue weighted by atomic mass is 16.7. The number of anilines is 1. The molecule has 0 bridgehead atoms. The van der Waals surface area contributed by atoms with Crippen LogP contribution in [0.5, 0.6) is 0 Å². The molecule has 204 valence electrons. The summed E-state index contributed by atoms with van der Waals surface area (Å²) in [5.74, 6) is -0.194. The van der Waals surface area contributed by atoms with E-state index in [0.717, 1.165) is 33.5 Å². The van der Waals surface area contributed by atoms with Crippen LogP contribution >= 0.6 is 0 Å². The second kappa shape index (κ2) is 12.6. The molecule has 7 nitrogen and oxygen atoms in total. The van der Waals surface area contributed by atoms with E-state index in [-0.39, 0.29) is 11.9 Å². The molecule has 0 amide bonds. The Balaban J connectivity index is 1.30. The molecular weight excluding hydrogens is 516 g/mol. The minimum absolute atomic E-state index is 0.348. The first kappa shape index (κ1) is 27.1. The highest BCUT2D eigenvalue weighted by Gasteiger charge is 2.22. The van der Waals surface area contributed by atoms with Crippen LogP contribution in [0.3, 0.4) is 0 Å². The van der Waals surface area contributed by atoms with Crippen LogP contribution in [0.25, 0.3) is 24.3 Å². The summed E-state index contributed by atoms with van der Waals surface area (Å²) in [5, 5.41) is 1.77. The standard InChI is InChI=1S/C34H28N2O5/c1-39-33(37)28-19-13-24(14-20-28)11-17-26-7-3-5-9-30(26)32-35-23-36(41-32)31-10-6-4-8-27(31)18-12-25-15-21-29(22-16-25)34(38)40-2/h3-22H,23H2,1-2H3. The molecule has 1 heterocycles. The van der Waals surface area contributed by atoms with Crippen LogP contribution in [0.4, 0.5) is 5.69 Å². The number of benzene rings is 4. The fourth-order valence-corrected chi connectivity index (χ4v) is 4.31. The Morgan fingerprint density at radius 2 is 1.20 bits per heavy atom. The van der Waals surface area contributed by atoms with Crippen LogP contribution in [0, 0.1) is 0 Å². The third-order valence-electron chi connectivity index (χ3n) is 6.51. The second-order valence-electron chi connectivity index (χ2n) is 9.11. The first-order valence-corrected chi connectivity index (χ1v) is 13.0. The first-order valence-electron chi connectivity index (χ1n) is 13.0. The van der Waals surface area contributed by atoms with Gasteiger partial charge >= 0.3 is 11.9 Å². The second-order valence-corrected chi connectivity index (χ2v) is 9.11. The van der Waals surface area contributed by atoms with Gasteiger partial charge < -0.3 is 14.3 Å². The number of ether oxygens (including phenoxy) is 2. The summed E-state index contributed by atoms with van der Waals surface area (Å²) >= 11 is 0. The number of nitrogens with zero attached hydrogens (tertiary/aromatic N) is 2. The number of aliphatic imine (C=N–C) groups is 1. The minimum Gasteiger partial charge on any atom is -0.465 e. The number of methoxy groups -OCH3 is 2. The van der Waals surface area contributed by atoms with Crippen molar-refractivity contribution in [1.29, 1.82) is 0 Å². The molecule has 1 aliphatic rings. The normalized spacial score (nSPS) is 12.8. The molecular formula is C34H28N2O5. The molecule has 0 saturated carbocycles. The highest BCUT2D eigenvalue weighted by molar-refractivity contribution is 6.00. The van der Waals surface area contributed by atoms with Crippen LogP contribution in [-0.2, 0) is 14.3 Å². The molecule has 41 heavy (non-hydrogen) atoms. The summed E-state index contributed by atoms with van der Waals surface area (Å²) < 4.78 is 9.54. The van der Waals surface area contributed by atoms with E-state index in [2.05, 4.69) is 4.99 Å². The van der Waals surface area contributed by atoms with Gasteiger partial charge in [-0.25, -0.2) is 14.6 Å². The topological polar surface area (TPSA) is 77.4 Å². The number of carbonyl (C=O) groups excluding carboxylic acids is 2. The Hall–Kier alpha value is -5.43. The molecule has 0 saturated heterocycles. The Kier molecular flexibility index (Phi) is 8.35. The van der Waals surface area contributed by atoms with Crippen molar-refractivity contribution in [1.82, 2.24) is 0 Å². The molecule has 0 N–H and O–H groups in total. The monoisotopic (exact) mass is 544 g/mol. The van der Waals surface area contributed by atoms with E-state index in [9.17, 15) is 9.59 Å². The molecule has 0 radical (unpaired) electrons.